The van der Waals surface area contributed by atoms with Crippen LogP contribution in [0.3, 0.4) is 0 Å². The SMILES string of the molecule is CCN(CCOc1ccccc1Cl)CC(=O)Nc1ccc2c(c1)OCCO2. The molecule has 144 valence electrons. The fourth-order valence-corrected chi connectivity index (χ4v) is 2.91. The number of nitrogens with zero attached hydrogens (tertiary/aromatic N) is 1. The van der Waals surface area contributed by atoms with Gasteiger partial charge in [-0.25, -0.2) is 0 Å². The zero-order valence-corrected chi connectivity index (χ0v) is 16.0. The van der Waals surface area contributed by atoms with E-state index in [9.17, 15) is 4.79 Å². The number of ether oxygens (including phenoxy) is 3. The molecule has 1 amide bonds. The Labute approximate surface area is 164 Å². The number of halogens is 1. The molecule has 0 aliphatic carbocycles. The highest BCUT2D eigenvalue weighted by Crippen LogP contribution is 2.32. The topological polar surface area (TPSA) is 60.0 Å². The molecule has 0 saturated carbocycles. The lowest BCUT2D eigenvalue weighted by molar-refractivity contribution is -0.117. The number of benzene rings is 2. The molecule has 0 fully saturated rings. The summed E-state index contributed by atoms with van der Waals surface area (Å²) in [6, 6.07) is 12.7. The third-order valence-electron chi connectivity index (χ3n) is 4.14. The van der Waals surface area contributed by atoms with Crippen molar-refractivity contribution in [2.75, 3.05) is 44.8 Å². The Bertz CT molecular complexity index is 784. The number of para-hydroxylation sites is 1. The minimum Gasteiger partial charge on any atom is -0.491 e. The van der Waals surface area contributed by atoms with Gasteiger partial charge in [0.1, 0.15) is 25.6 Å². The lowest BCUT2D eigenvalue weighted by atomic mass is 10.2. The van der Waals surface area contributed by atoms with E-state index >= 15 is 0 Å². The average Bonchev–Trinajstić information content (AvgIpc) is 2.68. The van der Waals surface area contributed by atoms with Crippen LogP contribution in [0.15, 0.2) is 42.5 Å². The van der Waals surface area contributed by atoms with Crippen LogP contribution in [0.4, 0.5) is 5.69 Å². The van der Waals surface area contributed by atoms with E-state index in [2.05, 4.69) is 5.32 Å². The van der Waals surface area contributed by atoms with Crippen LogP contribution in [0, 0.1) is 0 Å². The van der Waals surface area contributed by atoms with Crippen LogP contribution in [0.1, 0.15) is 6.92 Å². The van der Waals surface area contributed by atoms with Crippen molar-refractivity contribution in [1.29, 1.82) is 0 Å². The lowest BCUT2D eigenvalue weighted by Crippen LogP contribution is -2.36. The molecule has 0 spiro atoms. The normalized spacial score (nSPS) is 12.7. The Hall–Kier alpha value is -2.44. The Morgan fingerprint density at radius 3 is 2.74 bits per heavy atom. The van der Waals surface area contributed by atoms with Gasteiger partial charge in [-0.1, -0.05) is 30.7 Å². The lowest BCUT2D eigenvalue weighted by Gasteiger charge is -2.21. The molecule has 27 heavy (non-hydrogen) atoms. The van der Waals surface area contributed by atoms with E-state index in [0.717, 1.165) is 6.54 Å². The van der Waals surface area contributed by atoms with Gasteiger partial charge in [-0.15, -0.1) is 0 Å². The van der Waals surface area contributed by atoms with E-state index in [1.807, 2.05) is 36.1 Å². The molecule has 1 heterocycles. The largest absolute Gasteiger partial charge is 0.491 e. The summed E-state index contributed by atoms with van der Waals surface area (Å²) in [6.45, 7) is 5.15. The van der Waals surface area contributed by atoms with Crippen LogP contribution in [0.2, 0.25) is 5.02 Å². The highest BCUT2D eigenvalue weighted by Gasteiger charge is 2.14. The number of carbonyl (C=O) groups is 1. The summed E-state index contributed by atoms with van der Waals surface area (Å²) >= 11 is 6.08. The standard InChI is InChI=1S/C20H23ClN2O4/c1-2-23(9-10-25-17-6-4-3-5-16(17)21)14-20(24)22-15-7-8-18-19(13-15)27-12-11-26-18/h3-8,13H,2,9-12,14H2,1H3,(H,22,24). The monoisotopic (exact) mass is 390 g/mol. The van der Waals surface area contributed by atoms with Crippen molar-refractivity contribution < 1.29 is 19.0 Å². The van der Waals surface area contributed by atoms with Gasteiger partial charge in [0, 0.05) is 18.3 Å². The second-order valence-electron chi connectivity index (χ2n) is 6.05. The number of amides is 1. The van der Waals surface area contributed by atoms with Crippen LogP contribution < -0.4 is 19.5 Å². The molecule has 7 heteroatoms. The first-order valence-electron chi connectivity index (χ1n) is 8.95. The van der Waals surface area contributed by atoms with Crippen molar-refractivity contribution >= 4 is 23.2 Å². The van der Waals surface area contributed by atoms with E-state index in [1.54, 1.807) is 18.2 Å². The number of hydrogen-bond donors (Lipinski definition) is 1. The third-order valence-corrected chi connectivity index (χ3v) is 4.45. The summed E-state index contributed by atoms with van der Waals surface area (Å²) in [5.41, 5.74) is 0.688. The summed E-state index contributed by atoms with van der Waals surface area (Å²) in [5.74, 6) is 1.91. The van der Waals surface area contributed by atoms with E-state index in [0.29, 0.717) is 54.3 Å². The quantitative estimate of drug-likeness (QED) is 0.748. The predicted molar refractivity (Wildman–Crippen MR) is 105 cm³/mol. The molecule has 2 aromatic carbocycles. The number of hydrogen-bond acceptors (Lipinski definition) is 5. The van der Waals surface area contributed by atoms with Crippen LogP contribution in [0.25, 0.3) is 0 Å². The summed E-state index contributed by atoms with van der Waals surface area (Å²) in [5, 5.41) is 3.48. The van der Waals surface area contributed by atoms with Crippen LogP contribution in [0.5, 0.6) is 17.2 Å². The maximum atomic E-state index is 12.4. The molecule has 0 aromatic heterocycles. The number of fused-ring (bicyclic) bond motifs is 1. The number of likely N-dealkylation sites (N-methyl/N-ethyl adjacent to an activating group) is 1. The molecule has 0 bridgehead atoms. The zero-order chi connectivity index (χ0) is 19.1. The van der Waals surface area contributed by atoms with Gasteiger partial charge in [0.05, 0.1) is 11.6 Å². The van der Waals surface area contributed by atoms with Crippen molar-refractivity contribution in [2.24, 2.45) is 0 Å². The number of rotatable bonds is 8. The molecule has 1 N–H and O–H groups in total. The smallest absolute Gasteiger partial charge is 0.238 e. The van der Waals surface area contributed by atoms with Crippen molar-refractivity contribution in [1.82, 2.24) is 4.90 Å². The van der Waals surface area contributed by atoms with Gasteiger partial charge < -0.3 is 19.5 Å². The Morgan fingerprint density at radius 1 is 1.19 bits per heavy atom. The molecule has 1 aliphatic heterocycles. The Kier molecular flexibility index (Phi) is 6.79. The van der Waals surface area contributed by atoms with Crippen LogP contribution in [-0.4, -0.2) is 50.3 Å². The molecular weight excluding hydrogens is 368 g/mol. The maximum Gasteiger partial charge on any atom is 0.238 e. The van der Waals surface area contributed by atoms with E-state index in [-0.39, 0.29) is 12.5 Å². The first-order valence-corrected chi connectivity index (χ1v) is 9.32. The van der Waals surface area contributed by atoms with Gasteiger partial charge in [-0.05, 0) is 30.8 Å². The number of nitrogens with one attached hydrogen (secondary N) is 1. The molecule has 0 radical (unpaired) electrons. The van der Waals surface area contributed by atoms with Gasteiger partial charge in [-0.2, -0.15) is 0 Å². The first-order chi connectivity index (χ1) is 13.2. The molecule has 3 rings (SSSR count). The van der Waals surface area contributed by atoms with Gasteiger partial charge in [-0.3, -0.25) is 9.69 Å². The highest BCUT2D eigenvalue weighted by molar-refractivity contribution is 6.32. The van der Waals surface area contributed by atoms with Gasteiger partial charge in [0.15, 0.2) is 11.5 Å². The van der Waals surface area contributed by atoms with E-state index in [4.69, 9.17) is 25.8 Å². The van der Waals surface area contributed by atoms with Crippen molar-refractivity contribution in [3.63, 3.8) is 0 Å². The molecule has 6 nitrogen and oxygen atoms in total. The maximum absolute atomic E-state index is 12.4. The predicted octanol–water partition coefficient (Wildman–Crippen LogP) is 3.45. The summed E-state index contributed by atoms with van der Waals surface area (Å²) in [6.07, 6.45) is 0. The third kappa shape index (κ3) is 5.52. The molecule has 1 aliphatic rings. The minimum absolute atomic E-state index is 0.0914. The average molecular weight is 391 g/mol. The summed E-state index contributed by atoms with van der Waals surface area (Å²) < 4.78 is 16.7. The Morgan fingerprint density at radius 2 is 1.96 bits per heavy atom. The molecule has 0 saturated heterocycles. The van der Waals surface area contributed by atoms with Gasteiger partial charge >= 0.3 is 0 Å². The summed E-state index contributed by atoms with van der Waals surface area (Å²) in [4.78, 5) is 14.4. The van der Waals surface area contributed by atoms with Crippen LogP contribution in [-0.2, 0) is 4.79 Å². The first kappa shape index (κ1) is 19.3. The zero-order valence-electron chi connectivity index (χ0n) is 15.2. The Balaban J connectivity index is 1.47. The van der Waals surface area contributed by atoms with Crippen molar-refractivity contribution in [3.05, 3.63) is 47.5 Å². The van der Waals surface area contributed by atoms with Gasteiger partial charge in [0.25, 0.3) is 0 Å². The van der Waals surface area contributed by atoms with Crippen molar-refractivity contribution in [2.45, 2.75) is 6.92 Å². The molecule has 0 atom stereocenters. The fraction of sp³-hybridized carbons (Fsp3) is 0.350. The van der Waals surface area contributed by atoms with E-state index in [1.165, 1.54) is 0 Å². The minimum atomic E-state index is -0.0914. The fourth-order valence-electron chi connectivity index (χ4n) is 2.72. The molecule has 2 aromatic rings. The van der Waals surface area contributed by atoms with E-state index < -0.39 is 0 Å². The van der Waals surface area contributed by atoms with Crippen molar-refractivity contribution in [3.8, 4) is 17.2 Å². The molecule has 0 unspecified atom stereocenters. The summed E-state index contributed by atoms with van der Waals surface area (Å²) in [7, 11) is 0. The van der Waals surface area contributed by atoms with Crippen LogP contribution >= 0.6 is 11.6 Å². The second kappa shape index (κ2) is 9.48. The highest BCUT2D eigenvalue weighted by atomic mass is 35.5. The van der Waals surface area contributed by atoms with Gasteiger partial charge in [0.2, 0.25) is 5.91 Å². The number of anilines is 1. The molecular formula is C20H23ClN2O4. The number of carbonyl (C=O) groups excluding carboxylic acids is 1. The second-order valence-corrected chi connectivity index (χ2v) is 6.46.